The lowest BCUT2D eigenvalue weighted by molar-refractivity contribution is 0.0601. The van der Waals surface area contributed by atoms with Gasteiger partial charge in [-0.25, -0.2) is 4.79 Å². The number of nitrogens with zero attached hydrogens (tertiary/aromatic N) is 2. The van der Waals surface area contributed by atoms with Gasteiger partial charge in [0, 0.05) is 13.0 Å². The molecule has 0 unspecified atom stereocenters. The number of para-hydroxylation sites is 1. The van der Waals surface area contributed by atoms with Gasteiger partial charge in [0.25, 0.3) is 0 Å². The fraction of sp³-hybridized carbons (Fsp3) is 0.500. The molecular weight excluding hydrogens is 268 g/mol. The Morgan fingerprint density at radius 2 is 2.14 bits per heavy atom. The number of ether oxygens (including phenoxy) is 1. The molecule has 2 fully saturated rings. The van der Waals surface area contributed by atoms with Crippen LogP contribution in [0, 0.1) is 11.8 Å². The highest BCUT2D eigenvalue weighted by Crippen LogP contribution is 2.45. The number of carbonyl (C=O) groups is 1. The maximum absolute atomic E-state index is 11.9. The van der Waals surface area contributed by atoms with Crippen molar-refractivity contribution in [2.24, 2.45) is 17.0 Å². The molecule has 2 bridgehead atoms. The smallest absolute Gasteiger partial charge is 0.339 e. The molecule has 3 atom stereocenters. The van der Waals surface area contributed by atoms with Crippen LogP contribution in [0.3, 0.4) is 0 Å². The molecule has 0 spiro atoms. The first-order valence-electron chi connectivity index (χ1n) is 7.29. The van der Waals surface area contributed by atoms with Crippen LogP contribution in [0.5, 0.6) is 0 Å². The maximum Gasteiger partial charge on any atom is 0.339 e. The fourth-order valence-corrected chi connectivity index (χ4v) is 3.92. The van der Waals surface area contributed by atoms with E-state index in [0.717, 1.165) is 30.7 Å². The Bertz CT molecular complexity index is 585. The molecule has 5 nitrogen and oxygen atoms in total. The van der Waals surface area contributed by atoms with Gasteiger partial charge in [-0.3, -0.25) is 0 Å². The van der Waals surface area contributed by atoms with E-state index in [-0.39, 0.29) is 12.0 Å². The summed E-state index contributed by atoms with van der Waals surface area (Å²) in [6.07, 6.45) is 3.33. The molecule has 112 valence electrons. The third kappa shape index (κ3) is 2.17. The molecule has 1 N–H and O–H groups in total. The SMILES string of the molecule is COC(=O)c1ccccc1N(C)[C@H]1/C(=N\O)[C@H]2CC[C@@H]1C2. The average Bonchev–Trinajstić information content (AvgIpc) is 3.14. The van der Waals surface area contributed by atoms with E-state index in [4.69, 9.17) is 4.74 Å². The van der Waals surface area contributed by atoms with Crippen LogP contribution in [0.25, 0.3) is 0 Å². The number of hydrogen-bond acceptors (Lipinski definition) is 5. The molecule has 1 aromatic carbocycles. The van der Waals surface area contributed by atoms with Crippen LogP contribution in [-0.4, -0.2) is 37.1 Å². The Morgan fingerprint density at radius 3 is 2.86 bits per heavy atom. The van der Waals surface area contributed by atoms with E-state index in [0.29, 0.717) is 17.4 Å². The van der Waals surface area contributed by atoms with E-state index in [9.17, 15) is 10.0 Å². The van der Waals surface area contributed by atoms with Gasteiger partial charge >= 0.3 is 5.97 Å². The number of rotatable bonds is 3. The first kappa shape index (κ1) is 13.9. The second-order valence-corrected chi connectivity index (χ2v) is 5.86. The monoisotopic (exact) mass is 288 g/mol. The number of esters is 1. The van der Waals surface area contributed by atoms with Crippen molar-refractivity contribution in [2.45, 2.75) is 25.3 Å². The van der Waals surface area contributed by atoms with Gasteiger partial charge in [-0.2, -0.15) is 0 Å². The molecule has 2 aliphatic rings. The number of oxime groups is 1. The molecule has 2 saturated carbocycles. The summed E-state index contributed by atoms with van der Waals surface area (Å²) >= 11 is 0. The molecule has 21 heavy (non-hydrogen) atoms. The second kappa shape index (κ2) is 5.39. The first-order chi connectivity index (χ1) is 10.2. The number of carbonyl (C=O) groups excluding carboxylic acids is 1. The van der Waals surface area contributed by atoms with E-state index >= 15 is 0 Å². The van der Waals surface area contributed by atoms with Crippen molar-refractivity contribution in [3.05, 3.63) is 29.8 Å². The molecule has 0 aromatic heterocycles. The van der Waals surface area contributed by atoms with Crippen molar-refractivity contribution in [1.29, 1.82) is 0 Å². The molecule has 0 amide bonds. The topological polar surface area (TPSA) is 62.1 Å². The van der Waals surface area contributed by atoms with Crippen molar-refractivity contribution in [1.82, 2.24) is 0 Å². The molecule has 1 aromatic rings. The normalized spacial score (nSPS) is 28.9. The van der Waals surface area contributed by atoms with Crippen LogP contribution in [0.15, 0.2) is 29.4 Å². The van der Waals surface area contributed by atoms with Crippen LogP contribution in [0.1, 0.15) is 29.6 Å². The number of fused-ring (bicyclic) bond motifs is 2. The first-order valence-corrected chi connectivity index (χ1v) is 7.29. The second-order valence-electron chi connectivity index (χ2n) is 5.86. The molecule has 5 heteroatoms. The third-order valence-corrected chi connectivity index (χ3v) is 4.86. The van der Waals surface area contributed by atoms with E-state index in [1.807, 2.05) is 25.2 Å². The molecule has 0 aliphatic heterocycles. The quantitative estimate of drug-likeness (QED) is 0.527. The summed E-state index contributed by atoms with van der Waals surface area (Å²) in [5, 5.41) is 12.9. The standard InChI is InChI=1S/C16H20N2O3/c1-18(13-6-4-3-5-12(13)16(19)21-2)15-11-8-7-10(9-11)14(15)17-20/h3-6,10-11,15,20H,7-9H2,1-2H3/b17-14-/t10-,11+,15+/m0/s1. The van der Waals surface area contributed by atoms with Gasteiger partial charge in [0.15, 0.2) is 0 Å². The summed E-state index contributed by atoms with van der Waals surface area (Å²) in [7, 11) is 3.34. The lowest BCUT2D eigenvalue weighted by atomic mass is 9.91. The lowest BCUT2D eigenvalue weighted by Gasteiger charge is -2.34. The summed E-state index contributed by atoms with van der Waals surface area (Å²) in [5.41, 5.74) is 2.22. The average molecular weight is 288 g/mol. The zero-order chi connectivity index (χ0) is 15.0. The van der Waals surface area contributed by atoms with E-state index in [1.54, 1.807) is 6.07 Å². The van der Waals surface area contributed by atoms with E-state index in [1.165, 1.54) is 7.11 Å². The third-order valence-electron chi connectivity index (χ3n) is 4.86. The van der Waals surface area contributed by atoms with Gasteiger partial charge in [-0.05, 0) is 37.3 Å². The Kier molecular flexibility index (Phi) is 3.57. The Hall–Kier alpha value is -2.04. The molecule has 0 heterocycles. The lowest BCUT2D eigenvalue weighted by Crippen LogP contribution is -2.43. The predicted molar refractivity (Wildman–Crippen MR) is 80.0 cm³/mol. The van der Waals surface area contributed by atoms with Crippen molar-refractivity contribution < 1.29 is 14.7 Å². The summed E-state index contributed by atoms with van der Waals surface area (Å²) in [6.45, 7) is 0. The highest BCUT2D eigenvalue weighted by Gasteiger charge is 2.47. The predicted octanol–water partition coefficient (Wildman–Crippen LogP) is 2.54. The maximum atomic E-state index is 11.9. The van der Waals surface area contributed by atoms with E-state index < -0.39 is 0 Å². The van der Waals surface area contributed by atoms with Gasteiger partial charge in [-0.1, -0.05) is 17.3 Å². The summed E-state index contributed by atoms with van der Waals surface area (Å²) < 4.78 is 4.86. The fourth-order valence-electron chi connectivity index (χ4n) is 3.92. The summed E-state index contributed by atoms with van der Waals surface area (Å²) in [5.74, 6) is 0.539. The minimum absolute atomic E-state index is 0.0690. The van der Waals surface area contributed by atoms with Crippen LogP contribution in [0.4, 0.5) is 5.69 Å². The van der Waals surface area contributed by atoms with Gasteiger partial charge in [0.2, 0.25) is 0 Å². The summed E-state index contributed by atoms with van der Waals surface area (Å²) in [4.78, 5) is 14.0. The van der Waals surface area contributed by atoms with Crippen LogP contribution < -0.4 is 4.90 Å². The minimum Gasteiger partial charge on any atom is -0.465 e. The van der Waals surface area contributed by atoms with Crippen LogP contribution in [-0.2, 0) is 4.74 Å². The number of hydrogen-bond donors (Lipinski definition) is 1. The molecule has 3 rings (SSSR count). The zero-order valence-corrected chi connectivity index (χ0v) is 12.3. The number of anilines is 1. The zero-order valence-electron chi connectivity index (χ0n) is 12.3. The molecule has 0 saturated heterocycles. The number of methoxy groups -OCH3 is 1. The highest BCUT2D eigenvalue weighted by molar-refractivity contribution is 6.00. The summed E-state index contributed by atoms with van der Waals surface area (Å²) in [6, 6.07) is 7.47. The van der Waals surface area contributed by atoms with Crippen molar-refractivity contribution in [3.8, 4) is 0 Å². The molecular formula is C16H20N2O3. The van der Waals surface area contributed by atoms with Crippen molar-refractivity contribution >= 4 is 17.4 Å². The van der Waals surface area contributed by atoms with Crippen molar-refractivity contribution in [3.63, 3.8) is 0 Å². The molecule has 0 radical (unpaired) electrons. The Balaban J connectivity index is 1.96. The minimum atomic E-state index is -0.344. The number of benzene rings is 1. The van der Waals surface area contributed by atoms with Crippen LogP contribution >= 0.6 is 0 Å². The van der Waals surface area contributed by atoms with Crippen LogP contribution in [0.2, 0.25) is 0 Å². The van der Waals surface area contributed by atoms with Gasteiger partial charge in [-0.15, -0.1) is 0 Å². The van der Waals surface area contributed by atoms with Gasteiger partial charge < -0.3 is 14.8 Å². The Morgan fingerprint density at radius 1 is 1.38 bits per heavy atom. The van der Waals surface area contributed by atoms with E-state index in [2.05, 4.69) is 10.1 Å². The van der Waals surface area contributed by atoms with Gasteiger partial charge in [0.1, 0.15) is 0 Å². The van der Waals surface area contributed by atoms with Crippen molar-refractivity contribution in [2.75, 3.05) is 19.1 Å². The van der Waals surface area contributed by atoms with Gasteiger partial charge in [0.05, 0.1) is 30.1 Å². The Labute approximate surface area is 124 Å². The highest BCUT2D eigenvalue weighted by atomic mass is 16.5. The molecule has 2 aliphatic carbocycles. The largest absolute Gasteiger partial charge is 0.465 e.